The van der Waals surface area contributed by atoms with Crippen molar-refractivity contribution in [1.82, 2.24) is 10.7 Å². The van der Waals surface area contributed by atoms with Crippen LogP contribution in [0.15, 0.2) is 41.5 Å². The molecule has 166 valence electrons. The molecule has 0 saturated heterocycles. The third-order valence-electron chi connectivity index (χ3n) is 4.35. The van der Waals surface area contributed by atoms with Crippen molar-refractivity contribution in [1.29, 1.82) is 0 Å². The van der Waals surface area contributed by atoms with Gasteiger partial charge < -0.3 is 24.3 Å². The summed E-state index contributed by atoms with van der Waals surface area (Å²) in [4.78, 5) is 24.0. The first-order valence-electron chi connectivity index (χ1n) is 9.52. The Kier molecular flexibility index (Phi) is 9.15. The van der Waals surface area contributed by atoms with E-state index in [1.807, 2.05) is 12.1 Å². The predicted octanol–water partition coefficient (Wildman–Crippen LogP) is 1.92. The quantitative estimate of drug-likeness (QED) is 0.321. The molecule has 0 bridgehead atoms. The maximum Gasteiger partial charge on any atom is 0.249 e. The Balaban J connectivity index is 1.80. The van der Waals surface area contributed by atoms with Crippen LogP contribution >= 0.6 is 0 Å². The average molecular weight is 429 g/mol. The van der Waals surface area contributed by atoms with Crippen molar-refractivity contribution >= 4 is 18.0 Å². The first-order chi connectivity index (χ1) is 15.0. The van der Waals surface area contributed by atoms with Crippen molar-refractivity contribution in [2.24, 2.45) is 5.10 Å². The first kappa shape index (κ1) is 23.5. The normalized spacial score (nSPS) is 10.5. The van der Waals surface area contributed by atoms with Crippen LogP contribution < -0.4 is 29.7 Å². The molecule has 2 aromatic rings. The number of nitrogens with zero attached hydrogens (tertiary/aromatic N) is 1. The molecule has 0 aliphatic rings. The minimum absolute atomic E-state index is 0.341. The fourth-order valence-electron chi connectivity index (χ4n) is 2.81. The molecule has 31 heavy (non-hydrogen) atoms. The number of carbonyl (C=O) groups is 2. The number of amides is 2. The number of methoxy groups -OCH3 is 4. The zero-order valence-electron chi connectivity index (χ0n) is 18.1. The van der Waals surface area contributed by atoms with Crippen LogP contribution in [0.5, 0.6) is 23.0 Å². The lowest BCUT2D eigenvalue weighted by Gasteiger charge is -2.10. The van der Waals surface area contributed by atoms with Crippen LogP contribution in [0.2, 0.25) is 0 Å². The minimum atomic E-state index is -0.534. The van der Waals surface area contributed by atoms with Gasteiger partial charge >= 0.3 is 0 Å². The Hall–Kier alpha value is -3.75. The maximum absolute atomic E-state index is 12.0. The Morgan fingerprint density at radius 1 is 0.871 bits per heavy atom. The standard InChI is InChI=1S/C22H27N3O6/c1-28-17-6-5-7-18(29-2)16(17)14-24-25-22(27)13-21(26)23-11-10-15-8-9-19(30-3)20(12-15)31-4/h5-9,12,14H,10-11,13H2,1-4H3,(H,23,26)(H,25,27)/b24-14-. The van der Waals surface area contributed by atoms with Gasteiger partial charge in [0.2, 0.25) is 11.8 Å². The molecule has 2 amide bonds. The summed E-state index contributed by atoms with van der Waals surface area (Å²) in [5.74, 6) is 1.42. The van der Waals surface area contributed by atoms with E-state index in [2.05, 4.69) is 15.8 Å². The van der Waals surface area contributed by atoms with E-state index in [9.17, 15) is 9.59 Å². The molecular weight excluding hydrogens is 402 g/mol. The molecular formula is C22H27N3O6. The van der Waals surface area contributed by atoms with Crippen LogP contribution in [0.3, 0.4) is 0 Å². The van der Waals surface area contributed by atoms with Gasteiger partial charge in [0.05, 0.1) is 40.2 Å². The molecule has 0 radical (unpaired) electrons. The molecule has 9 heteroatoms. The van der Waals surface area contributed by atoms with E-state index < -0.39 is 11.8 Å². The second-order valence-electron chi connectivity index (χ2n) is 6.34. The molecule has 0 atom stereocenters. The van der Waals surface area contributed by atoms with Crippen LogP contribution in [-0.2, 0) is 16.0 Å². The highest BCUT2D eigenvalue weighted by Gasteiger charge is 2.10. The molecule has 0 aliphatic carbocycles. The minimum Gasteiger partial charge on any atom is -0.496 e. The summed E-state index contributed by atoms with van der Waals surface area (Å²) in [7, 11) is 6.18. The van der Waals surface area contributed by atoms with E-state index in [0.29, 0.717) is 41.5 Å². The van der Waals surface area contributed by atoms with Crippen LogP contribution in [0.1, 0.15) is 17.5 Å². The summed E-state index contributed by atoms with van der Waals surface area (Å²) in [5, 5.41) is 6.59. The Labute approximate surface area is 181 Å². The number of benzene rings is 2. The van der Waals surface area contributed by atoms with Crippen LogP contribution in [0.4, 0.5) is 0 Å². The Bertz CT molecular complexity index is 907. The fourth-order valence-corrected chi connectivity index (χ4v) is 2.81. The van der Waals surface area contributed by atoms with Gasteiger partial charge in [0.25, 0.3) is 0 Å². The highest BCUT2D eigenvalue weighted by molar-refractivity contribution is 5.97. The average Bonchev–Trinajstić information content (AvgIpc) is 2.78. The maximum atomic E-state index is 12.0. The number of hydrogen-bond donors (Lipinski definition) is 2. The lowest BCUT2D eigenvalue weighted by Crippen LogP contribution is -2.31. The van der Waals surface area contributed by atoms with Crippen LogP contribution in [0, 0.1) is 0 Å². The van der Waals surface area contributed by atoms with Crippen LogP contribution in [-0.4, -0.2) is 53.0 Å². The smallest absolute Gasteiger partial charge is 0.249 e. The van der Waals surface area contributed by atoms with Crippen molar-refractivity contribution in [2.45, 2.75) is 12.8 Å². The van der Waals surface area contributed by atoms with Gasteiger partial charge in [-0.05, 0) is 36.2 Å². The van der Waals surface area contributed by atoms with E-state index in [0.717, 1.165) is 5.56 Å². The van der Waals surface area contributed by atoms with E-state index in [1.54, 1.807) is 38.5 Å². The molecule has 0 aliphatic heterocycles. The SMILES string of the molecule is COc1ccc(CCNC(=O)CC(=O)N/N=C\c2c(OC)cccc2OC)cc1OC. The van der Waals surface area contributed by atoms with Crippen molar-refractivity contribution in [3.05, 3.63) is 47.5 Å². The molecule has 0 spiro atoms. The summed E-state index contributed by atoms with van der Waals surface area (Å²) in [5.41, 5.74) is 3.87. The second kappa shape index (κ2) is 12.1. The van der Waals surface area contributed by atoms with Gasteiger partial charge in [-0.2, -0.15) is 5.10 Å². The van der Waals surface area contributed by atoms with Gasteiger partial charge in [0.15, 0.2) is 11.5 Å². The summed E-state index contributed by atoms with van der Waals surface area (Å²) in [6.07, 6.45) is 1.65. The zero-order chi connectivity index (χ0) is 22.6. The monoisotopic (exact) mass is 429 g/mol. The number of ether oxygens (including phenoxy) is 4. The largest absolute Gasteiger partial charge is 0.496 e. The number of hydrazone groups is 1. The van der Waals surface area contributed by atoms with Gasteiger partial charge in [-0.15, -0.1) is 0 Å². The number of rotatable bonds is 11. The molecule has 2 N–H and O–H groups in total. The van der Waals surface area contributed by atoms with Crippen molar-refractivity contribution < 1.29 is 28.5 Å². The molecule has 0 fully saturated rings. The summed E-state index contributed by atoms with van der Waals surface area (Å²) >= 11 is 0. The Morgan fingerprint density at radius 2 is 1.52 bits per heavy atom. The van der Waals surface area contributed by atoms with Crippen molar-refractivity contribution in [2.75, 3.05) is 35.0 Å². The van der Waals surface area contributed by atoms with Gasteiger partial charge in [-0.25, -0.2) is 5.43 Å². The molecule has 0 heterocycles. The third kappa shape index (κ3) is 6.91. The lowest BCUT2D eigenvalue weighted by molar-refractivity contribution is -0.129. The van der Waals surface area contributed by atoms with Crippen molar-refractivity contribution in [3.8, 4) is 23.0 Å². The summed E-state index contributed by atoms with van der Waals surface area (Å²) in [6.45, 7) is 0.378. The second-order valence-corrected chi connectivity index (χ2v) is 6.34. The van der Waals surface area contributed by atoms with E-state index in [-0.39, 0.29) is 6.42 Å². The fraction of sp³-hybridized carbons (Fsp3) is 0.318. The highest BCUT2D eigenvalue weighted by Crippen LogP contribution is 2.27. The molecule has 2 aromatic carbocycles. The first-order valence-corrected chi connectivity index (χ1v) is 9.52. The molecule has 0 unspecified atom stereocenters. The highest BCUT2D eigenvalue weighted by atomic mass is 16.5. The summed E-state index contributed by atoms with van der Waals surface area (Å²) < 4.78 is 21.0. The number of carbonyl (C=O) groups excluding carboxylic acids is 2. The van der Waals surface area contributed by atoms with E-state index >= 15 is 0 Å². The van der Waals surface area contributed by atoms with Gasteiger partial charge in [0.1, 0.15) is 17.9 Å². The number of hydrogen-bond acceptors (Lipinski definition) is 7. The van der Waals surface area contributed by atoms with E-state index in [1.165, 1.54) is 20.4 Å². The number of nitrogens with one attached hydrogen (secondary N) is 2. The molecule has 0 aromatic heterocycles. The van der Waals surface area contributed by atoms with Gasteiger partial charge in [-0.3, -0.25) is 9.59 Å². The Morgan fingerprint density at radius 3 is 2.13 bits per heavy atom. The molecule has 9 nitrogen and oxygen atoms in total. The zero-order valence-corrected chi connectivity index (χ0v) is 18.1. The van der Waals surface area contributed by atoms with Crippen molar-refractivity contribution in [3.63, 3.8) is 0 Å². The lowest BCUT2D eigenvalue weighted by atomic mass is 10.1. The topological polar surface area (TPSA) is 107 Å². The third-order valence-corrected chi connectivity index (χ3v) is 4.35. The van der Waals surface area contributed by atoms with Gasteiger partial charge in [-0.1, -0.05) is 12.1 Å². The predicted molar refractivity (Wildman–Crippen MR) is 116 cm³/mol. The van der Waals surface area contributed by atoms with E-state index in [4.69, 9.17) is 18.9 Å². The molecule has 2 rings (SSSR count). The van der Waals surface area contributed by atoms with Crippen LogP contribution in [0.25, 0.3) is 0 Å². The summed E-state index contributed by atoms with van der Waals surface area (Å²) in [6, 6.07) is 10.8. The molecule has 0 saturated carbocycles. The van der Waals surface area contributed by atoms with Gasteiger partial charge in [0, 0.05) is 6.54 Å².